The number of carbonyl (C=O) groups excluding carboxylic acids is 2. The molecule has 150 valence electrons. The van der Waals surface area contributed by atoms with E-state index in [9.17, 15) is 14.4 Å². The van der Waals surface area contributed by atoms with Crippen LogP contribution in [-0.2, 0) is 9.59 Å². The number of anilines is 1. The lowest BCUT2D eigenvalue weighted by atomic mass is 10.2. The Labute approximate surface area is 166 Å². The van der Waals surface area contributed by atoms with E-state index >= 15 is 0 Å². The van der Waals surface area contributed by atoms with Gasteiger partial charge in [0.1, 0.15) is 23.7 Å². The SMILES string of the molecule is CCCCCNC(=O)c1ccc(-c2nc(NC(=O)CC(=O)O)ccc2OC)s1. The highest BCUT2D eigenvalue weighted by Crippen LogP contribution is 2.34. The summed E-state index contributed by atoms with van der Waals surface area (Å²) < 4.78 is 5.32. The number of carboxylic acid groups (broad SMARTS) is 1. The van der Waals surface area contributed by atoms with E-state index in [4.69, 9.17) is 9.84 Å². The molecular weight excluding hydrogens is 382 g/mol. The van der Waals surface area contributed by atoms with Crippen LogP contribution in [0.15, 0.2) is 24.3 Å². The standard InChI is InChI=1S/C19H23N3O5S/c1-3-4-5-10-20-19(26)14-8-7-13(28-14)18-12(27-2)6-9-15(22-18)21-16(23)11-17(24)25/h6-9H,3-5,10-11H2,1-2H3,(H,20,26)(H,24,25)(H,21,22,23). The number of thiophene rings is 1. The van der Waals surface area contributed by atoms with Gasteiger partial charge in [-0.1, -0.05) is 19.8 Å². The summed E-state index contributed by atoms with van der Waals surface area (Å²) in [7, 11) is 1.50. The van der Waals surface area contributed by atoms with Crippen molar-refractivity contribution in [3.63, 3.8) is 0 Å². The number of methoxy groups -OCH3 is 1. The third-order valence-corrected chi connectivity index (χ3v) is 4.88. The normalized spacial score (nSPS) is 10.4. The van der Waals surface area contributed by atoms with Crippen LogP contribution in [0.1, 0.15) is 42.3 Å². The minimum atomic E-state index is -1.22. The lowest BCUT2D eigenvalue weighted by Gasteiger charge is -2.09. The van der Waals surface area contributed by atoms with Gasteiger partial charge in [0.2, 0.25) is 5.91 Å². The number of hydrogen-bond acceptors (Lipinski definition) is 6. The number of pyridine rings is 1. The molecule has 0 aromatic carbocycles. The van der Waals surface area contributed by atoms with Crippen LogP contribution in [0, 0.1) is 0 Å². The average molecular weight is 405 g/mol. The van der Waals surface area contributed by atoms with E-state index in [1.807, 2.05) is 0 Å². The zero-order valence-electron chi connectivity index (χ0n) is 15.8. The molecule has 2 aromatic heterocycles. The van der Waals surface area contributed by atoms with Gasteiger partial charge in [-0.15, -0.1) is 11.3 Å². The van der Waals surface area contributed by atoms with E-state index in [-0.39, 0.29) is 11.7 Å². The van der Waals surface area contributed by atoms with Crippen LogP contribution >= 0.6 is 11.3 Å². The molecule has 0 radical (unpaired) electrons. The molecule has 0 atom stereocenters. The molecule has 8 nitrogen and oxygen atoms in total. The molecule has 0 aliphatic carbocycles. The zero-order valence-corrected chi connectivity index (χ0v) is 16.6. The Hall–Kier alpha value is -2.94. The summed E-state index contributed by atoms with van der Waals surface area (Å²) in [5, 5.41) is 14.0. The summed E-state index contributed by atoms with van der Waals surface area (Å²) in [5.74, 6) is -1.35. The lowest BCUT2D eigenvalue weighted by molar-refractivity contribution is -0.139. The highest BCUT2D eigenvalue weighted by atomic mass is 32.1. The summed E-state index contributed by atoms with van der Waals surface area (Å²) >= 11 is 1.26. The van der Waals surface area contributed by atoms with Crippen LogP contribution < -0.4 is 15.4 Å². The maximum absolute atomic E-state index is 12.3. The van der Waals surface area contributed by atoms with E-state index in [0.717, 1.165) is 19.3 Å². The molecule has 0 aliphatic rings. The molecule has 0 saturated heterocycles. The third-order valence-electron chi connectivity index (χ3n) is 3.79. The number of carboxylic acids is 1. The second-order valence-electron chi connectivity index (χ2n) is 5.99. The lowest BCUT2D eigenvalue weighted by Crippen LogP contribution is -2.23. The molecule has 0 spiro atoms. The van der Waals surface area contributed by atoms with E-state index in [1.165, 1.54) is 24.5 Å². The first-order valence-corrected chi connectivity index (χ1v) is 9.71. The molecular formula is C19H23N3O5S. The topological polar surface area (TPSA) is 118 Å². The average Bonchev–Trinajstić information content (AvgIpc) is 3.14. The van der Waals surface area contributed by atoms with Crippen molar-refractivity contribution in [2.24, 2.45) is 0 Å². The number of aliphatic carboxylic acids is 1. The maximum Gasteiger partial charge on any atom is 0.312 e. The molecule has 0 unspecified atom stereocenters. The van der Waals surface area contributed by atoms with Crippen molar-refractivity contribution in [2.75, 3.05) is 19.0 Å². The van der Waals surface area contributed by atoms with Gasteiger partial charge in [0, 0.05) is 6.54 Å². The number of carbonyl (C=O) groups is 3. The monoisotopic (exact) mass is 405 g/mol. The minimum absolute atomic E-state index is 0.141. The van der Waals surface area contributed by atoms with E-state index in [2.05, 4.69) is 22.5 Å². The molecule has 2 heterocycles. The Morgan fingerprint density at radius 1 is 1.18 bits per heavy atom. The summed E-state index contributed by atoms with van der Waals surface area (Å²) in [4.78, 5) is 40.1. The Balaban J connectivity index is 2.16. The van der Waals surface area contributed by atoms with Gasteiger partial charge in [0.15, 0.2) is 0 Å². The van der Waals surface area contributed by atoms with Crippen molar-refractivity contribution in [3.05, 3.63) is 29.1 Å². The summed E-state index contributed by atoms with van der Waals surface area (Å²) in [6.07, 6.45) is 2.44. The van der Waals surface area contributed by atoms with Crippen LogP contribution in [0.25, 0.3) is 10.6 Å². The Morgan fingerprint density at radius 3 is 2.64 bits per heavy atom. The number of nitrogens with zero attached hydrogens (tertiary/aromatic N) is 1. The second kappa shape index (κ2) is 10.4. The van der Waals surface area contributed by atoms with Crippen molar-refractivity contribution in [3.8, 4) is 16.3 Å². The maximum atomic E-state index is 12.3. The minimum Gasteiger partial charge on any atom is -0.494 e. The molecule has 9 heteroatoms. The van der Waals surface area contributed by atoms with Gasteiger partial charge in [0.05, 0.1) is 16.9 Å². The smallest absolute Gasteiger partial charge is 0.312 e. The Kier molecular flexibility index (Phi) is 7.94. The predicted molar refractivity (Wildman–Crippen MR) is 107 cm³/mol. The number of hydrogen-bond donors (Lipinski definition) is 3. The van der Waals surface area contributed by atoms with Gasteiger partial charge in [-0.05, 0) is 30.7 Å². The number of aromatic nitrogens is 1. The zero-order chi connectivity index (χ0) is 20.5. The van der Waals surface area contributed by atoms with Crippen molar-refractivity contribution in [1.82, 2.24) is 10.3 Å². The first-order chi connectivity index (χ1) is 13.4. The molecule has 0 fully saturated rings. The van der Waals surface area contributed by atoms with Crippen molar-refractivity contribution in [1.29, 1.82) is 0 Å². The van der Waals surface area contributed by atoms with Crippen LogP contribution in [0.2, 0.25) is 0 Å². The van der Waals surface area contributed by atoms with Crippen LogP contribution in [-0.4, -0.2) is 41.5 Å². The number of amides is 2. The summed E-state index contributed by atoms with van der Waals surface area (Å²) in [6, 6.07) is 6.63. The van der Waals surface area contributed by atoms with Gasteiger partial charge >= 0.3 is 5.97 Å². The van der Waals surface area contributed by atoms with Crippen molar-refractivity contribution in [2.45, 2.75) is 32.6 Å². The fourth-order valence-corrected chi connectivity index (χ4v) is 3.35. The van der Waals surface area contributed by atoms with E-state index in [1.54, 1.807) is 18.2 Å². The summed E-state index contributed by atoms with van der Waals surface area (Å²) in [5.41, 5.74) is 0.464. The largest absolute Gasteiger partial charge is 0.494 e. The van der Waals surface area contributed by atoms with Gasteiger partial charge in [-0.2, -0.15) is 0 Å². The quantitative estimate of drug-likeness (QED) is 0.413. The highest BCUT2D eigenvalue weighted by Gasteiger charge is 2.16. The molecule has 2 amide bonds. The fourth-order valence-electron chi connectivity index (χ4n) is 2.43. The molecule has 2 rings (SSSR count). The highest BCUT2D eigenvalue weighted by molar-refractivity contribution is 7.17. The van der Waals surface area contributed by atoms with Crippen LogP contribution in [0.3, 0.4) is 0 Å². The van der Waals surface area contributed by atoms with Gasteiger partial charge in [-0.3, -0.25) is 14.4 Å². The second-order valence-corrected chi connectivity index (χ2v) is 7.08. The van der Waals surface area contributed by atoms with Crippen molar-refractivity contribution < 1.29 is 24.2 Å². The third kappa shape index (κ3) is 6.05. The number of nitrogens with one attached hydrogen (secondary N) is 2. The molecule has 3 N–H and O–H groups in total. The number of rotatable bonds is 10. The number of unbranched alkanes of at least 4 members (excludes halogenated alkanes) is 2. The Bertz CT molecular complexity index is 850. The fraction of sp³-hybridized carbons (Fsp3) is 0.368. The molecule has 0 bridgehead atoms. The Morgan fingerprint density at radius 2 is 1.96 bits per heavy atom. The van der Waals surface area contributed by atoms with E-state index < -0.39 is 18.3 Å². The van der Waals surface area contributed by atoms with Gasteiger partial charge in [-0.25, -0.2) is 4.98 Å². The summed E-state index contributed by atoms with van der Waals surface area (Å²) in [6.45, 7) is 2.73. The predicted octanol–water partition coefficient (Wildman–Crippen LogP) is 3.15. The first kappa shape index (κ1) is 21.4. The molecule has 0 aliphatic heterocycles. The van der Waals surface area contributed by atoms with Gasteiger partial charge < -0.3 is 20.5 Å². The first-order valence-electron chi connectivity index (χ1n) is 8.89. The molecule has 2 aromatic rings. The molecule has 0 saturated carbocycles. The van der Waals surface area contributed by atoms with Crippen LogP contribution in [0.5, 0.6) is 5.75 Å². The van der Waals surface area contributed by atoms with Gasteiger partial charge in [0.25, 0.3) is 5.91 Å². The van der Waals surface area contributed by atoms with Crippen LogP contribution in [0.4, 0.5) is 5.82 Å². The number of ether oxygens (including phenoxy) is 1. The molecule has 28 heavy (non-hydrogen) atoms. The van der Waals surface area contributed by atoms with E-state index in [0.29, 0.717) is 27.7 Å². The van der Waals surface area contributed by atoms with Crippen molar-refractivity contribution >= 4 is 34.9 Å².